The molecule has 0 unspecified atom stereocenters. The van der Waals surface area contributed by atoms with Crippen LogP contribution in [0.5, 0.6) is 0 Å². The van der Waals surface area contributed by atoms with Crippen molar-refractivity contribution in [1.29, 1.82) is 0 Å². The van der Waals surface area contributed by atoms with Gasteiger partial charge < -0.3 is 0 Å². The van der Waals surface area contributed by atoms with E-state index in [9.17, 15) is 4.79 Å². The zero-order valence-electron chi connectivity index (χ0n) is 14.9. The number of aromatic amines is 1. The van der Waals surface area contributed by atoms with Crippen molar-refractivity contribution in [1.82, 2.24) is 15.2 Å². The fourth-order valence-electron chi connectivity index (χ4n) is 2.70. The number of benzene rings is 3. The molecular weight excluding hydrogens is 350 g/mol. The Morgan fingerprint density at radius 3 is 2.11 bits per heavy atom. The summed E-state index contributed by atoms with van der Waals surface area (Å²) in [5.74, 6) is 0.429. The van der Waals surface area contributed by atoms with Gasteiger partial charge in [0.2, 0.25) is 0 Å². The number of para-hydroxylation sites is 1. The summed E-state index contributed by atoms with van der Waals surface area (Å²) in [6.45, 7) is 0. The van der Waals surface area contributed by atoms with Crippen LogP contribution in [0.1, 0.15) is 11.3 Å². The van der Waals surface area contributed by atoms with Crippen molar-refractivity contribution in [2.45, 2.75) is 0 Å². The summed E-state index contributed by atoms with van der Waals surface area (Å²) in [7, 11) is 0. The van der Waals surface area contributed by atoms with Gasteiger partial charge in [-0.2, -0.15) is 10.2 Å². The van der Waals surface area contributed by atoms with Gasteiger partial charge in [-0.1, -0.05) is 78.9 Å². The van der Waals surface area contributed by atoms with Crippen LogP contribution in [-0.4, -0.2) is 20.9 Å². The lowest BCUT2D eigenvalue weighted by Gasteiger charge is -2.08. The lowest BCUT2D eigenvalue weighted by atomic mass is 10.1. The predicted octanol–water partition coefficient (Wildman–Crippen LogP) is 3.70. The Morgan fingerprint density at radius 1 is 0.821 bits per heavy atom. The van der Waals surface area contributed by atoms with Gasteiger partial charge in [-0.3, -0.25) is 10.2 Å². The molecule has 0 atom stereocenters. The van der Waals surface area contributed by atoms with E-state index in [1.165, 1.54) is 0 Å². The molecule has 6 heteroatoms. The molecule has 4 aromatic rings. The minimum atomic E-state index is -0.405. The molecule has 0 saturated carbocycles. The van der Waals surface area contributed by atoms with Crippen molar-refractivity contribution in [3.8, 4) is 11.4 Å². The Morgan fingerprint density at radius 2 is 1.43 bits per heavy atom. The van der Waals surface area contributed by atoms with Crippen LogP contribution in [0.2, 0.25) is 0 Å². The summed E-state index contributed by atoms with van der Waals surface area (Å²) >= 11 is 0. The average Bonchev–Trinajstić information content (AvgIpc) is 2.77. The highest BCUT2D eigenvalue weighted by atomic mass is 16.1. The predicted molar refractivity (Wildman–Crippen MR) is 110 cm³/mol. The van der Waals surface area contributed by atoms with Gasteiger partial charge in [0.05, 0.1) is 5.69 Å². The molecule has 1 heterocycles. The third-order valence-electron chi connectivity index (χ3n) is 4.07. The summed E-state index contributed by atoms with van der Waals surface area (Å²) in [6.07, 6.45) is 0. The first-order valence-electron chi connectivity index (χ1n) is 8.78. The van der Waals surface area contributed by atoms with Crippen molar-refractivity contribution in [3.05, 3.63) is 113 Å². The molecule has 4 rings (SSSR count). The van der Waals surface area contributed by atoms with E-state index in [4.69, 9.17) is 0 Å². The number of hydrazone groups is 1. The van der Waals surface area contributed by atoms with E-state index in [1.54, 1.807) is 0 Å². The van der Waals surface area contributed by atoms with Crippen LogP contribution >= 0.6 is 0 Å². The van der Waals surface area contributed by atoms with Gasteiger partial charge in [0.1, 0.15) is 5.71 Å². The Balaban J connectivity index is 1.82. The number of anilines is 1. The van der Waals surface area contributed by atoms with Crippen LogP contribution in [0, 0.1) is 0 Å². The zero-order chi connectivity index (χ0) is 19.2. The summed E-state index contributed by atoms with van der Waals surface area (Å²) in [6, 6.07) is 28.5. The molecule has 2 N–H and O–H groups in total. The highest BCUT2D eigenvalue weighted by molar-refractivity contribution is 6.11. The van der Waals surface area contributed by atoms with E-state index in [-0.39, 0.29) is 5.69 Å². The van der Waals surface area contributed by atoms with Gasteiger partial charge in [0, 0.05) is 11.1 Å². The van der Waals surface area contributed by atoms with E-state index in [0.717, 1.165) is 16.8 Å². The minimum absolute atomic E-state index is 0.198. The Bertz CT molecular complexity index is 1140. The van der Waals surface area contributed by atoms with Crippen LogP contribution in [0.3, 0.4) is 0 Å². The van der Waals surface area contributed by atoms with Gasteiger partial charge in [-0.05, 0) is 12.1 Å². The molecule has 6 nitrogen and oxygen atoms in total. The largest absolute Gasteiger partial charge is 0.292 e. The third-order valence-corrected chi connectivity index (χ3v) is 4.07. The van der Waals surface area contributed by atoms with E-state index in [2.05, 4.69) is 25.7 Å². The van der Waals surface area contributed by atoms with Gasteiger partial charge in [0.25, 0.3) is 5.56 Å². The molecule has 136 valence electrons. The van der Waals surface area contributed by atoms with Gasteiger partial charge in [0.15, 0.2) is 11.5 Å². The second-order valence-corrected chi connectivity index (χ2v) is 6.01. The lowest BCUT2D eigenvalue weighted by molar-refractivity contribution is 0.932. The summed E-state index contributed by atoms with van der Waals surface area (Å²) in [5.41, 5.74) is 5.62. The Hall–Kier alpha value is -4.06. The minimum Gasteiger partial charge on any atom is -0.278 e. The topological polar surface area (TPSA) is 83.0 Å². The first-order valence-corrected chi connectivity index (χ1v) is 8.78. The molecule has 0 radical (unpaired) electrons. The maximum atomic E-state index is 12.5. The second kappa shape index (κ2) is 8.09. The summed E-state index contributed by atoms with van der Waals surface area (Å²) in [4.78, 5) is 17.0. The van der Waals surface area contributed by atoms with Crippen molar-refractivity contribution in [3.63, 3.8) is 0 Å². The van der Waals surface area contributed by atoms with Crippen molar-refractivity contribution >= 4 is 11.4 Å². The van der Waals surface area contributed by atoms with Crippen molar-refractivity contribution in [2.75, 3.05) is 5.43 Å². The number of aromatic nitrogens is 3. The Kier molecular flexibility index (Phi) is 5.02. The van der Waals surface area contributed by atoms with E-state index in [0.29, 0.717) is 11.5 Å². The second-order valence-electron chi connectivity index (χ2n) is 6.01. The first kappa shape index (κ1) is 17.4. The maximum Gasteiger partial charge on any atom is 0.292 e. The smallest absolute Gasteiger partial charge is 0.278 e. The molecule has 0 fully saturated rings. The molecule has 0 saturated heterocycles. The van der Waals surface area contributed by atoms with Gasteiger partial charge in [-0.15, -0.1) is 0 Å². The molecular formula is C22H17N5O. The summed E-state index contributed by atoms with van der Waals surface area (Å²) in [5, 5.41) is 11.1. The molecule has 0 aliphatic rings. The average molecular weight is 367 g/mol. The fourth-order valence-corrected chi connectivity index (χ4v) is 2.70. The maximum absolute atomic E-state index is 12.5. The normalized spacial score (nSPS) is 11.2. The fraction of sp³-hybridized carbons (Fsp3) is 0. The molecule has 0 aliphatic carbocycles. The number of H-pyrrole nitrogens is 1. The van der Waals surface area contributed by atoms with E-state index in [1.807, 2.05) is 91.0 Å². The molecule has 0 aliphatic heterocycles. The quantitative estimate of drug-likeness (QED) is 0.416. The van der Waals surface area contributed by atoms with E-state index < -0.39 is 5.56 Å². The first-order chi connectivity index (χ1) is 13.8. The summed E-state index contributed by atoms with van der Waals surface area (Å²) < 4.78 is 0. The van der Waals surface area contributed by atoms with Crippen LogP contribution in [-0.2, 0) is 0 Å². The SMILES string of the molecule is O=c1[nH]nc(-c2ccccc2)nc1C(=NNc1ccccc1)c1ccccc1. The zero-order valence-corrected chi connectivity index (χ0v) is 14.9. The van der Waals surface area contributed by atoms with Crippen molar-refractivity contribution in [2.24, 2.45) is 5.10 Å². The third kappa shape index (κ3) is 3.86. The highest BCUT2D eigenvalue weighted by Gasteiger charge is 2.16. The van der Waals surface area contributed by atoms with Gasteiger partial charge in [-0.25, -0.2) is 10.1 Å². The van der Waals surface area contributed by atoms with Crippen LogP contribution < -0.4 is 11.0 Å². The molecule has 1 aromatic heterocycles. The number of hydrogen-bond donors (Lipinski definition) is 2. The van der Waals surface area contributed by atoms with Crippen LogP contribution in [0.25, 0.3) is 11.4 Å². The monoisotopic (exact) mass is 367 g/mol. The Labute approximate surface area is 161 Å². The lowest BCUT2D eigenvalue weighted by Crippen LogP contribution is -2.24. The number of rotatable bonds is 5. The highest BCUT2D eigenvalue weighted by Crippen LogP contribution is 2.14. The molecule has 0 spiro atoms. The molecule has 28 heavy (non-hydrogen) atoms. The van der Waals surface area contributed by atoms with Crippen LogP contribution in [0.15, 0.2) is 101 Å². The van der Waals surface area contributed by atoms with Crippen LogP contribution in [0.4, 0.5) is 5.69 Å². The standard InChI is InChI=1S/C22H17N5O/c28-22-20(23-21(26-27-22)17-12-6-2-7-13-17)19(16-10-4-1-5-11-16)25-24-18-14-8-3-9-15-18/h1-15,24H,(H,27,28). The number of hydrogen-bond acceptors (Lipinski definition) is 5. The molecule has 0 amide bonds. The molecule has 3 aromatic carbocycles. The number of nitrogens with zero attached hydrogens (tertiary/aromatic N) is 3. The van der Waals surface area contributed by atoms with E-state index >= 15 is 0 Å². The van der Waals surface area contributed by atoms with Crippen molar-refractivity contribution < 1.29 is 0 Å². The molecule has 0 bridgehead atoms. The number of nitrogens with one attached hydrogen (secondary N) is 2. The van der Waals surface area contributed by atoms with Gasteiger partial charge >= 0.3 is 0 Å².